The first-order chi connectivity index (χ1) is 10.1. The van der Waals surface area contributed by atoms with Crippen molar-refractivity contribution in [1.29, 1.82) is 0 Å². The zero-order valence-corrected chi connectivity index (χ0v) is 11.9. The zero-order valence-electron chi connectivity index (χ0n) is 11.9. The number of carbonyl (C=O) groups excluding carboxylic acids is 1. The van der Waals surface area contributed by atoms with Crippen molar-refractivity contribution in [3.8, 4) is 0 Å². The van der Waals surface area contributed by atoms with Gasteiger partial charge in [-0.15, -0.1) is 0 Å². The fourth-order valence-electron chi connectivity index (χ4n) is 2.23. The summed E-state index contributed by atoms with van der Waals surface area (Å²) in [6.07, 6.45) is 3.06. The number of carboxylic acids is 1. The van der Waals surface area contributed by atoms with Gasteiger partial charge in [-0.25, -0.2) is 9.59 Å². The first kappa shape index (κ1) is 15.4. The third-order valence-corrected chi connectivity index (χ3v) is 3.45. The maximum Gasteiger partial charge on any atom is 0.328 e. The van der Waals surface area contributed by atoms with E-state index in [1.807, 2.05) is 19.1 Å². The maximum absolute atomic E-state index is 12.2. The van der Waals surface area contributed by atoms with Crippen molar-refractivity contribution in [2.24, 2.45) is 0 Å². The van der Waals surface area contributed by atoms with E-state index in [1.165, 1.54) is 4.90 Å². The minimum Gasteiger partial charge on any atom is -0.480 e. The molecule has 0 saturated carbocycles. The van der Waals surface area contributed by atoms with Crippen LogP contribution in [0.1, 0.15) is 19.1 Å². The van der Waals surface area contributed by atoms with Gasteiger partial charge >= 0.3 is 12.0 Å². The first-order valence-electron chi connectivity index (χ1n) is 6.98. The van der Waals surface area contributed by atoms with Gasteiger partial charge in [0.15, 0.2) is 6.04 Å². The molecule has 1 saturated heterocycles. The van der Waals surface area contributed by atoms with Crippen LogP contribution < -0.4 is 5.32 Å². The molecular weight excluding hydrogens is 276 g/mol. The number of carbonyl (C=O) groups is 2. The Kier molecular flexibility index (Phi) is 5.21. The average molecular weight is 296 g/mol. The van der Waals surface area contributed by atoms with Crippen molar-refractivity contribution >= 4 is 12.0 Å². The number of rotatable bonds is 5. The van der Waals surface area contributed by atoms with E-state index in [2.05, 4.69) is 5.32 Å². The minimum absolute atomic E-state index is 0.0313. The van der Waals surface area contributed by atoms with E-state index in [4.69, 9.17) is 14.3 Å². The molecule has 0 aliphatic carbocycles. The SMILES string of the molecule is CC(CCc1ccco1)NC(=O)N1CCOCC1C(=O)O. The van der Waals surface area contributed by atoms with Crippen molar-refractivity contribution in [2.45, 2.75) is 31.8 Å². The molecule has 116 valence electrons. The zero-order chi connectivity index (χ0) is 15.2. The maximum atomic E-state index is 12.2. The van der Waals surface area contributed by atoms with Crippen LogP contribution in [-0.2, 0) is 16.0 Å². The lowest BCUT2D eigenvalue weighted by atomic mass is 10.1. The molecule has 1 aliphatic heterocycles. The summed E-state index contributed by atoms with van der Waals surface area (Å²) in [5.74, 6) is -0.182. The van der Waals surface area contributed by atoms with E-state index in [0.717, 1.165) is 18.6 Å². The quantitative estimate of drug-likeness (QED) is 0.848. The van der Waals surface area contributed by atoms with Crippen LogP contribution in [0.5, 0.6) is 0 Å². The van der Waals surface area contributed by atoms with Gasteiger partial charge in [0.1, 0.15) is 5.76 Å². The molecule has 2 rings (SSSR count). The monoisotopic (exact) mass is 296 g/mol. The van der Waals surface area contributed by atoms with Gasteiger partial charge in [-0.2, -0.15) is 0 Å². The fourth-order valence-corrected chi connectivity index (χ4v) is 2.23. The van der Waals surface area contributed by atoms with Crippen molar-refractivity contribution in [3.63, 3.8) is 0 Å². The standard InChI is InChI=1S/C14H20N2O5/c1-10(4-5-11-3-2-7-21-11)15-14(19)16-6-8-20-9-12(16)13(17)18/h2-3,7,10,12H,4-6,8-9H2,1H3,(H,15,19)(H,17,18). The number of ether oxygens (including phenoxy) is 1. The van der Waals surface area contributed by atoms with Gasteiger partial charge in [0, 0.05) is 19.0 Å². The Bertz CT molecular complexity index is 474. The molecule has 2 amide bonds. The van der Waals surface area contributed by atoms with E-state index >= 15 is 0 Å². The van der Waals surface area contributed by atoms with Crippen molar-refractivity contribution < 1.29 is 23.8 Å². The van der Waals surface area contributed by atoms with Crippen LogP contribution in [0.3, 0.4) is 0 Å². The summed E-state index contributed by atoms with van der Waals surface area (Å²) in [4.78, 5) is 24.6. The predicted molar refractivity (Wildman–Crippen MR) is 74.0 cm³/mol. The summed E-state index contributed by atoms with van der Waals surface area (Å²) >= 11 is 0. The van der Waals surface area contributed by atoms with E-state index < -0.39 is 12.0 Å². The van der Waals surface area contributed by atoms with Crippen LogP contribution in [0.4, 0.5) is 4.79 Å². The molecule has 1 aromatic heterocycles. The molecule has 0 radical (unpaired) electrons. The number of morpholine rings is 1. The van der Waals surface area contributed by atoms with E-state index in [0.29, 0.717) is 6.61 Å². The van der Waals surface area contributed by atoms with Gasteiger partial charge < -0.3 is 24.5 Å². The topological polar surface area (TPSA) is 92.0 Å². The highest BCUT2D eigenvalue weighted by molar-refractivity contribution is 5.83. The Morgan fingerprint density at radius 3 is 3.05 bits per heavy atom. The number of hydrogen-bond donors (Lipinski definition) is 2. The summed E-state index contributed by atoms with van der Waals surface area (Å²) in [6, 6.07) is 2.36. The molecule has 2 N–H and O–H groups in total. The van der Waals surface area contributed by atoms with Gasteiger partial charge in [-0.1, -0.05) is 0 Å². The second kappa shape index (κ2) is 7.12. The van der Waals surface area contributed by atoms with Crippen molar-refractivity contribution in [2.75, 3.05) is 19.8 Å². The van der Waals surface area contributed by atoms with Gasteiger partial charge in [0.25, 0.3) is 0 Å². The number of hydrogen-bond acceptors (Lipinski definition) is 4. The second-order valence-corrected chi connectivity index (χ2v) is 5.09. The Morgan fingerprint density at radius 1 is 1.57 bits per heavy atom. The Morgan fingerprint density at radius 2 is 2.38 bits per heavy atom. The molecule has 1 fully saturated rings. The molecule has 0 bridgehead atoms. The molecule has 0 aromatic carbocycles. The second-order valence-electron chi connectivity index (χ2n) is 5.09. The summed E-state index contributed by atoms with van der Waals surface area (Å²) in [6.45, 7) is 2.56. The molecular formula is C14H20N2O5. The van der Waals surface area contributed by atoms with Gasteiger partial charge in [0.05, 0.1) is 19.5 Å². The lowest BCUT2D eigenvalue weighted by Gasteiger charge is -2.33. The number of nitrogens with zero attached hydrogens (tertiary/aromatic N) is 1. The van der Waals surface area contributed by atoms with Crippen LogP contribution in [0, 0.1) is 0 Å². The van der Waals surface area contributed by atoms with Crippen LogP contribution in [-0.4, -0.2) is 53.8 Å². The molecule has 7 heteroatoms. The number of urea groups is 1. The van der Waals surface area contributed by atoms with E-state index in [-0.39, 0.29) is 25.2 Å². The summed E-state index contributed by atoms with van der Waals surface area (Å²) < 4.78 is 10.3. The van der Waals surface area contributed by atoms with Crippen molar-refractivity contribution in [1.82, 2.24) is 10.2 Å². The summed E-state index contributed by atoms with van der Waals surface area (Å²) in [7, 11) is 0. The van der Waals surface area contributed by atoms with Gasteiger partial charge in [-0.05, 0) is 25.5 Å². The normalized spacial score (nSPS) is 20.0. The Labute approximate surface area is 122 Å². The number of amides is 2. The van der Waals surface area contributed by atoms with Gasteiger partial charge in [-0.3, -0.25) is 0 Å². The predicted octanol–water partition coefficient (Wildman–Crippen LogP) is 1.10. The largest absolute Gasteiger partial charge is 0.480 e. The lowest BCUT2D eigenvalue weighted by Crippen LogP contribution is -2.56. The lowest BCUT2D eigenvalue weighted by molar-refractivity contribution is -0.147. The number of aryl methyl sites for hydroxylation is 1. The highest BCUT2D eigenvalue weighted by Crippen LogP contribution is 2.10. The third kappa shape index (κ3) is 4.22. The summed E-state index contributed by atoms with van der Waals surface area (Å²) in [5.41, 5.74) is 0. The number of nitrogens with one attached hydrogen (secondary N) is 1. The third-order valence-electron chi connectivity index (χ3n) is 3.45. The molecule has 1 aromatic rings. The smallest absolute Gasteiger partial charge is 0.328 e. The molecule has 7 nitrogen and oxygen atoms in total. The first-order valence-corrected chi connectivity index (χ1v) is 6.98. The molecule has 2 heterocycles. The van der Waals surface area contributed by atoms with E-state index in [1.54, 1.807) is 6.26 Å². The van der Waals surface area contributed by atoms with Crippen molar-refractivity contribution in [3.05, 3.63) is 24.2 Å². The van der Waals surface area contributed by atoms with Crippen LogP contribution >= 0.6 is 0 Å². The minimum atomic E-state index is -1.05. The number of aliphatic carboxylic acids is 1. The van der Waals surface area contributed by atoms with Gasteiger partial charge in [0.2, 0.25) is 0 Å². The Hall–Kier alpha value is -2.02. The number of carboxylic acid groups (broad SMARTS) is 1. The molecule has 1 aliphatic rings. The van der Waals surface area contributed by atoms with Crippen LogP contribution in [0.25, 0.3) is 0 Å². The van der Waals surface area contributed by atoms with Crippen LogP contribution in [0.2, 0.25) is 0 Å². The summed E-state index contributed by atoms with van der Waals surface area (Å²) in [5, 5.41) is 11.9. The highest BCUT2D eigenvalue weighted by Gasteiger charge is 2.33. The molecule has 21 heavy (non-hydrogen) atoms. The highest BCUT2D eigenvalue weighted by atomic mass is 16.5. The van der Waals surface area contributed by atoms with E-state index in [9.17, 15) is 9.59 Å². The fraction of sp³-hybridized carbons (Fsp3) is 0.571. The Balaban J connectivity index is 1.82. The molecule has 0 spiro atoms. The number of furan rings is 1. The van der Waals surface area contributed by atoms with Crippen LogP contribution in [0.15, 0.2) is 22.8 Å². The molecule has 2 atom stereocenters. The molecule has 2 unspecified atom stereocenters. The average Bonchev–Trinajstić information content (AvgIpc) is 2.98.